The van der Waals surface area contributed by atoms with Crippen molar-refractivity contribution in [1.29, 1.82) is 0 Å². The molecule has 13 unspecified atom stereocenters. The minimum atomic E-state index is -1.53. The Hall–Kier alpha value is -6.79. The molecular formula is C75H128N12O30. The first-order valence-corrected chi connectivity index (χ1v) is 40.4. The lowest BCUT2D eigenvalue weighted by Gasteiger charge is -2.82. The summed E-state index contributed by atoms with van der Waals surface area (Å²) in [6, 6.07) is -1.10. The molecule has 3 saturated heterocycles. The van der Waals surface area contributed by atoms with Crippen LogP contribution in [0.15, 0.2) is 0 Å². The van der Waals surface area contributed by atoms with Crippen LogP contribution in [-0.2, 0) is 95.4 Å². The lowest BCUT2D eigenvalue weighted by atomic mass is 9.32. The second kappa shape index (κ2) is 44.7. The highest BCUT2D eigenvalue weighted by molar-refractivity contribution is 5.80. The Kier molecular flexibility index (Phi) is 37.2. The molecule has 668 valence electrons. The van der Waals surface area contributed by atoms with Gasteiger partial charge in [0.05, 0.1) is 94.7 Å². The molecule has 42 heteroatoms. The third-order valence-electron chi connectivity index (χ3n) is 22.6. The van der Waals surface area contributed by atoms with E-state index in [2.05, 4.69) is 63.3 Å². The summed E-state index contributed by atoms with van der Waals surface area (Å²) in [6.07, 6.45) is -10.4. The zero-order valence-electron chi connectivity index (χ0n) is 68.1. The van der Waals surface area contributed by atoms with E-state index in [1.54, 1.807) is 27.7 Å². The van der Waals surface area contributed by atoms with Crippen LogP contribution in [-0.4, -0.2) is 332 Å². The number of nitrogens with two attached hydrogens (primary N) is 1. The number of ether oxygens (including phenoxy) is 9. The number of fused-ring (bicyclic) bond motifs is 8. The molecule has 7 rings (SSSR count). The van der Waals surface area contributed by atoms with Crippen LogP contribution in [0.4, 0.5) is 4.79 Å². The lowest BCUT2D eigenvalue weighted by molar-refractivity contribution is -0.496. The van der Waals surface area contributed by atoms with E-state index in [1.165, 1.54) is 20.8 Å². The monoisotopic (exact) mass is 1680 g/mol. The highest BCUT2D eigenvalue weighted by Crippen LogP contribution is 2.74. The van der Waals surface area contributed by atoms with Gasteiger partial charge >= 0.3 is 6.09 Å². The van der Waals surface area contributed by atoms with Crippen molar-refractivity contribution in [2.24, 2.45) is 34.0 Å². The SMILES string of the molecule is CC(=O)NC1C(O)[C@@H](O)C(CO)O[C@H]1OCCCCC(=O)NCCCNC(=O)CCOCC(COCCC(=O)NCCCNC(=O)CCCCO[C@@H]1OC2C3(CO)C(C(O)[C@H]3O)C21NC(C)=O)(COCCC(=O)NCCCNC(=O)CCCCO[C@@H]1OC2C3(CO)C(C(O)[C@H]3O)C21NC(C)=O)NC(=O)CC(C)(C)CC(C)(C)NC(=O)ON. The Morgan fingerprint density at radius 2 is 0.812 bits per heavy atom. The van der Waals surface area contributed by atoms with Gasteiger partial charge in [-0.05, 0) is 83.5 Å². The quantitative estimate of drug-likeness (QED) is 0.0199. The molecule has 0 bridgehead atoms. The van der Waals surface area contributed by atoms with Crippen LogP contribution in [0.2, 0.25) is 0 Å². The van der Waals surface area contributed by atoms with Crippen LogP contribution < -0.4 is 64.4 Å². The van der Waals surface area contributed by atoms with Crippen molar-refractivity contribution in [3.63, 3.8) is 0 Å². The molecule has 7 aliphatic rings. The third-order valence-corrected chi connectivity index (χ3v) is 22.6. The van der Waals surface area contributed by atoms with Crippen molar-refractivity contribution in [1.82, 2.24) is 58.5 Å². The predicted octanol–water partition coefficient (Wildman–Crippen LogP) is -6.49. The summed E-state index contributed by atoms with van der Waals surface area (Å²) < 4.78 is 53.1. The molecule has 7 fully saturated rings. The fourth-order valence-electron chi connectivity index (χ4n) is 17.6. The third kappa shape index (κ3) is 24.5. The summed E-state index contributed by atoms with van der Waals surface area (Å²) in [7, 11) is 0. The van der Waals surface area contributed by atoms with E-state index in [-0.39, 0.29) is 180 Å². The van der Waals surface area contributed by atoms with Crippen molar-refractivity contribution in [2.45, 2.75) is 260 Å². The van der Waals surface area contributed by atoms with Gasteiger partial charge in [0, 0.05) is 142 Å². The number of aliphatic hydroxyl groups is 9. The molecule has 117 heavy (non-hydrogen) atoms. The maximum Gasteiger partial charge on any atom is 0.426 e. The van der Waals surface area contributed by atoms with E-state index in [0.717, 1.165) is 0 Å². The molecule has 3 heterocycles. The van der Waals surface area contributed by atoms with Gasteiger partial charge in [-0.15, -0.1) is 0 Å². The second-order valence-electron chi connectivity index (χ2n) is 33.0. The molecule has 3 aliphatic heterocycles. The van der Waals surface area contributed by atoms with E-state index in [9.17, 15) is 98.7 Å². The minimum Gasteiger partial charge on any atom is -0.396 e. The van der Waals surface area contributed by atoms with Gasteiger partial charge in [-0.1, -0.05) is 13.8 Å². The van der Waals surface area contributed by atoms with Gasteiger partial charge in [0.2, 0.25) is 59.1 Å². The average Bonchev–Trinajstić information content (AvgIpc) is 0.630. The van der Waals surface area contributed by atoms with Crippen LogP contribution in [0.3, 0.4) is 0 Å². The molecule has 0 aromatic heterocycles. The van der Waals surface area contributed by atoms with E-state index < -0.39 is 186 Å². The van der Waals surface area contributed by atoms with Gasteiger partial charge in [-0.2, -0.15) is 5.90 Å². The van der Waals surface area contributed by atoms with Crippen molar-refractivity contribution in [3.8, 4) is 0 Å². The van der Waals surface area contributed by atoms with Crippen LogP contribution in [0.25, 0.3) is 0 Å². The first-order valence-electron chi connectivity index (χ1n) is 40.4. The zero-order valence-corrected chi connectivity index (χ0v) is 68.1. The highest BCUT2D eigenvalue weighted by Gasteiger charge is 2.92. The number of hydrogen-bond donors (Lipinski definition) is 21. The van der Waals surface area contributed by atoms with E-state index in [4.69, 9.17) is 48.5 Å². The number of carbonyl (C=O) groups is 11. The van der Waals surface area contributed by atoms with Crippen molar-refractivity contribution in [3.05, 3.63) is 0 Å². The van der Waals surface area contributed by atoms with Gasteiger partial charge in [-0.25, -0.2) is 4.79 Å². The Balaban J connectivity index is 0.851. The van der Waals surface area contributed by atoms with Crippen LogP contribution in [0, 0.1) is 28.1 Å². The van der Waals surface area contributed by atoms with E-state index >= 15 is 0 Å². The molecule has 0 radical (unpaired) electrons. The standard InChI is InChI=1S/C75H128N12O30/c1-43(91)83-54-56(102)55(101)46(36-88)114-63(54)111-29-11-8-17-47(94)77-23-14-26-80-50(97)20-32-108-40-71(86-53(100)35-69(4,5)37-70(6,7)87-68(107)117-76,41-109-33-21-51(98)81-27-15-24-78-48(95)18-9-12-30-112-66-74(84-44(2)92)59-57(103)61(105)72(59,38-89)64(74)115-66)42-110-34-22-52(99)82-28-16-25-79-49(96)19-10-13-31-113-67-75(85-45(3)93)60-58(104)62(106)73(60,39-90)65(75)116-67/h46,54-67,88-90,101-106H,8-42,76H2,1-7H3,(H,77,94)(H,78,95)(H,79,96)(H,80,97)(H,81,98)(H,82,99)(H,83,91)(H,84,92)(H,85,93)(H,86,100)(H,87,107)/t46?,54?,55-,56?,57?,58?,59?,60?,61+,62+,63+,64?,65?,66+,67+,71?,72?,73?,74?,75?/m0/s1. The molecule has 11 amide bonds. The van der Waals surface area contributed by atoms with Gasteiger partial charge < -0.3 is 152 Å². The Morgan fingerprint density at radius 1 is 0.436 bits per heavy atom. The maximum absolute atomic E-state index is 14.4. The van der Waals surface area contributed by atoms with Gasteiger partial charge in [0.1, 0.15) is 53.2 Å². The molecule has 0 aromatic rings. The number of carbonyl (C=O) groups excluding carboxylic acids is 11. The lowest BCUT2D eigenvalue weighted by Crippen LogP contribution is -3.01. The number of unbranched alkanes of at least 4 members (excludes halogenated alkanes) is 3. The number of rotatable bonds is 57. The van der Waals surface area contributed by atoms with Crippen molar-refractivity contribution >= 4 is 65.2 Å². The summed E-state index contributed by atoms with van der Waals surface area (Å²) >= 11 is 0. The fraction of sp³-hybridized carbons (Fsp3) is 0.853. The zero-order chi connectivity index (χ0) is 86.1. The predicted molar refractivity (Wildman–Crippen MR) is 405 cm³/mol. The van der Waals surface area contributed by atoms with Crippen LogP contribution >= 0.6 is 0 Å². The molecule has 22 N–H and O–H groups in total. The van der Waals surface area contributed by atoms with E-state index in [1.807, 2.05) is 0 Å². The molecule has 0 aromatic carbocycles. The minimum absolute atomic E-state index is 0.0677. The molecular weight excluding hydrogens is 1550 g/mol. The smallest absolute Gasteiger partial charge is 0.396 e. The van der Waals surface area contributed by atoms with Gasteiger partial charge in [0.15, 0.2) is 18.9 Å². The second-order valence-corrected chi connectivity index (χ2v) is 33.0. The summed E-state index contributed by atoms with van der Waals surface area (Å²) in [5, 5.41) is 123. The highest BCUT2D eigenvalue weighted by atomic mass is 16.7. The summed E-state index contributed by atoms with van der Waals surface area (Å²) in [6.45, 7) is 9.63. The summed E-state index contributed by atoms with van der Waals surface area (Å²) in [5.41, 5.74) is -7.62. The van der Waals surface area contributed by atoms with Crippen LogP contribution in [0.1, 0.15) is 158 Å². The number of hydrogen-bond acceptors (Lipinski definition) is 31. The molecule has 4 aliphatic carbocycles. The van der Waals surface area contributed by atoms with Crippen LogP contribution in [0.5, 0.6) is 0 Å². The van der Waals surface area contributed by atoms with Gasteiger partial charge in [0.25, 0.3) is 0 Å². The normalized spacial score (nSPS) is 30.0. The first-order chi connectivity index (χ1) is 55.5. The molecule has 4 saturated carbocycles. The Labute approximate surface area is 679 Å². The Bertz CT molecular complexity index is 3190. The number of amides is 11. The van der Waals surface area contributed by atoms with E-state index in [0.29, 0.717) is 57.8 Å². The fourth-order valence-corrected chi connectivity index (χ4v) is 17.6. The largest absolute Gasteiger partial charge is 0.426 e. The molecule has 19 atom stereocenters. The maximum atomic E-state index is 14.4. The Morgan fingerprint density at radius 3 is 1.16 bits per heavy atom. The molecule has 0 spiro atoms. The molecule has 42 nitrogen and oxygen atoms in total. The summed E-state index contributed by atoms with van der Waals surface area (Å²) in [5.74, 6) is 0.0468. The number of nitrogens with one attached hydrogen (secondary N) is 11. The van der Waals surface area contributed by atoms with Gasteiger partial charge in [-0.3, -0.25) is 47.9 Å². The summed E-state index contributed by atoms with van der Waals surface area (Å²) in [4.78, 5) is 144. The first kappa shape index (κ1) is 97.3. The van der Waals surface area contributed by atoms with Crippen molar-refractivity contribution in [2.75, 3.05) is 119 Å². The van der Waals surface area contributed by atoms with Crippen molar-refractivity contribution < 1.29 is 146 Å². The average molecular weight is 1680 g/mol. The number of aliphatic hydroxyl groups excluding tert-OH is 9. The topological polar surface area (TPSA) is 620 Å².